The molecule has 0 aliphatic heterocycles. The second-order valence-corrected chi connectivity index (χ2v) is 8.68. The highest BCUT2D eigenvalue weighted by molar-refractivity contribution is 5.95. The molecule has 164 valence electrons. The van der Waals surface area contributed by atoms with Gasteiger partial charge in [-0.15, -0.1) is 0 Å². The summed E-state index contributed by atoms with van der Waals surface area (Å²) >= 11 is 0. The van der Waals surface area contributed by atoms with Gasteiger partial charge in [-0.3, -0.25) is 5.32 Å². The van der Waals surface area contributed by atoms with E-state index in [1.165, 1.54) is 18.2 Å². The van der Waals surface area contributed by atoms with Crippen LogP contribution in [0.2, 0.25) is 0 Å². The Labute approximate surface area is 186 Å². The lowest BCUT2D eigenvalue weighted by molar-refractivity contribution is 0.00667. The molecule has 32 heavy (non-hydrogen) atoms. The molecule has 0 heterocycles. The molecule has 0 atom stereocenters. The normalized spacial score (nSPS) is 12.6. The molecule has 6 nitrogen and oxygen atoms in total. The summed E-state index contributed by atoms with van der Waals surface area (Å²) < 4.78 is 10.8. The van der Waals surface area contributed by atoms with Crippen LogP contribution in [0, 0.1) is 0 Å². The van der Waals surface area contributed by atoms with Crippen LogP contribution in [0.1, 0.15) is 48.2 Å². The largest absolute Gasteiger partial charge is 0.507 e. The van der Waals surface area contributed by atoms with Crippen molar-refractivity contribution in [2.75, 3.05) is 11.9 Å². The molecule has 4 rings (SSSR count). The van der Waals surface area contributed by atoms with E-state index >= 15 is 0 Å². The standard InChI is InChI=1S/C26H25NO5/c1-26(2,3)32-24(29)21-14-16(12-13-23(21)28)27-25(30)31-15-22-19-10-6-4-8-17(19)18-9-5-7-11-20(18)22/h4-14,22,28H,15H2,1-3H3,(H,27,30). The van der Waals surface area contributed by atoms with E-state index < -0.39 is 17.7 Å². The average molecular weight is 431 g/mol. The maximum absolute atomic E-state index is 12.5. The van der Waals surface area contributed by atoms with Crippen molar-refractivity contribution in [3.63, 3.8) is 0 Å². The van der Waals surface area contributed by atoms with Crippen molar-refractivity contribution in [1.29, 1.82) is 0 Å². The van der Waals surface area contributed by atoms with Gasteiger partial charge in [0, 0.05) is 11.6 Å². The summed E-state index contributed by atoms with van der Waals surface area (Å²) in [6.07, 6.45) is -0.646. The fourth-order valence-corrected chi connectivity index (χ4v) is 3.86. The van der Waals surface area contributed by atoms with Crippen molar-refractivity contribution in [2.45, 2.75) is 32.3 Å². The number of hydrogen-bond donors (Lipinski definition) is 2. The molecule has 6 heteroatoms. The van der Waals surface area contributed by atoms with Crippen LogP contribution < -0.4 is 5.32 Å². The molecular formula is C26H25NO5. The van der Waals surface area contributed by atoms with Crippen LogP contribution in [0.4, 0.5) is 10.5 Å². The second kappa shape index (κ2) is 8.38. The monoisotopic (exact) mass is 431 g/mol. The number of hydrogen-bond acceptors (Lipinski definition) is 5. The van der Waals surface area contributed by atoms with Crippen LogP contribution in [0.15, 0.2) is 66.7 Å². The molecule has 3 aromatic carbocycles. The minimum Gasteiger partial charge on any atom is -0.507 e. The summed E-state index contributed by atoms with van der Waals surface area (Å²) in [5.74, 6) is -0.950. The Bertz CT molecular complexity index is 1130. The number of ether oxygens (including phenoxy) is 2. The van der Waals surface area contributed by atoms with E-state index in [-0.39, 0.29) is 23.8 Å². The third kappa shape index (κ3) is 4.44. The Balaban J connectivity index is 1.45. The molecule has 1 aliphatic rings. The van der Waals surface area contributed by atoms with E-state index in [2.05, 4.69) is 17.4 Å². The maximum atomic E-state index is 12.5. The topological polar surface area (TPSA) is 84.9 Å². The lowest BCUT2D eigenvalue weighted by atomic mass is 9.98. The van der Waals surface area contributed by atoms with Crippen LogP contribution >= 0.6 is 0 Å². The van der Waals surface area contributed by atoms with Gasteiger partial charge in [-0.2, -0.15) is 0 Å². The summed E-state index contributed by atoms with van der Waals surface area (Å²) in [5, 5.41) is 12.6. The lowest BCUT2D eigenvalue weighted by Gasteiger charge is -2.20. The smallest absolute Gasteiger partial charge is 0.411 e. The van der Waals surface area contributed by atoms with E-state index in [9.17, 15) is 14.7 Å². The Hall–Kier alpha value is -3.80. The molecular weight excluding hydrogens is 406 g/mol. The van der Waals surface area contributed by atoms with Gasteiger partial charge in [0.25, 0.3) is 0 Å². The van der Waals surface area contributed by atoms with Crippen LogP contribution in [-0.2, 0) is 9.47 Å². The van der Waals surface area contributed by atoms with E-state index in [0.717, 1.165) is 22.3 Å². The zero-order valence-electron chi connectivity index (χ0n) is 18.2. The van der Waals surface area contributed by atoms with Crippen molar-refractivity contribution in [1.82, 2.24) is 0 Å². The Kier molecular flexibility index (Phi) is 5.61. The molecule has 0 spiro atoms. The summed E-state index contributed by atoms with van der Waals surface area (Å²) in [6.45, 7) is 5.39. The highest BCUT2D eigenvalue weighted by Gasteiger charge is 2.29. The number of amides is 1. The second-order valence-electron chi connectivity index (χ2n) is 8.68. The lowest BCUT2D eigenvalue weighted by Crippen LogP contribution is -2.24. The summed E-state index contributed by atoms with van der Waals surface area (Å²) in [6, 6.07) is 20.4. The third-order valence-electron chi connectivity index (χ3n) is 5.21. The molecule has 1 amide bonds. The van der Waals surface area contributed by atoms with Gasteiger partial charge in [-0.25, -0.2) is 9.59 Å². The highest BCUT2D eigenvalue weighted by atomic mass is 16.6. The van der Waals surface area contributed by atoms with Gasteiger partial charge >= 0.3 is 12.1 Å². The van der Waals surface area contributed by atoms with Gasteiger partial charge in [-0.05, 0) is 61.2 Å². The van der Waals surface area contributed by atoms with Crippen LogP contribution in [0.3, 0.4) is 0 Å². The van der Waals surface area contributed by atoms with Gasteiger partial charge in [0.15, 0.2) is 0 Å². The third-order valence-corrected chi connectivity index (χ3v) is 5.21. The molecule has 0 unspecified atom stereocenters. The molecule has 0 fully saturated rings. The summed E-state index contributed by atoms with van der Waals surface area (Å²) in [5.41, 5.74) is 4.13. The maximum Gasteiger partial charge on any atom is 0.411 e. The number of anilines is 1. The fourth-order valence-electron chi connectivity index (χ4n) is 3.86. The van der Waals surface area contributed by atoms with Crippen molar-refractivity contribution >= 4 is 17.7 Å². The van der Waals surface area contributed by atoms with E-state index in [1.807, 2.05) is 36.4 Å². The Morgan fingerprint density at radius 1 is 0.938 bits per heavy atom. The number of carbonyl (C=O) groups excluding carboxylic acids is 2. The first-order valence-corrected chi connectivity index (χ1v) is 10.4. The van der Waals surface area contributed by atoms with Gasteiger partial charge in [0.1, 0.15) is 23.5 Å². The van der Waals surface area contributed by atoms with Gasteiger partial charge < -0.3 is 14.6 Å². The quantitative estimate of drug-likeness (QED) is 0.408. The van der Waals surface area contributed by atoms with Gasteiger partial charge in [0.2, 0.25) is 0 Å². The molecule has 3 aromatic rings. The zero-order chi connectivity index (χ0) is 22.9. The SMILES string of the molecule is CC(C)(C)OC(=O)c1cc(NC(=O)OCC2c3ccccc3-c3ccccc32)ccc1O. The minimum atomic E-state index is -0.709. The number of esters is 1. The van der Waals surface area contributed by atoms with Crippen molar-refractivity contribution in [2.24, 2.45) is 0 Å². The summed E-state index contributed by atoms with van der Waals surface area (Å²) in [4.78, 5) is 24.8. The van der Waals surface area contributed by atoms with E-state index in [0.29, 0.717) is 5.69 Å². The predicted octanol–water partition coefficient (Wildman–Crippen LogP) is 5.71. The first-order valence-electron chi connectivity index (χ1n) is 10.4. The first kappa shape index (κ1) is 21.4. The molecule has 0 saturated heterocycles. The van der Waals surface area contributed by atoms with E-state index in [4.69, 9.17) is 9.47 Å². The Morgan fingerprint density at radius 2 is 1.53 bits per heavy atom. The number of carbonyl (C=O) groups is 2. The van der Waals surface area contributed by atoms with Gasteiger partial charge in [-0.1, -0.05) is 48.5 Å². The van der Waals surface area contributed by atoms with Crippen molar-refractivity contribution in [3.8, 4) is 16.9 Å². The highest BCUT2D eigenvalue weighted by Crippen LogP contribution is 2.44. The molecule has 0 aromatic heterocycles. The van der Waals surface area contributed by atoms with Crippen molar-refractivity contribution in [3.05, 3.63) is 83.4 Å². The zero-order valence-corrected chi connectivity index (χ0v) is 18.2. The van der Waals surface area contributed by atoms with E-state index in [1.54, 1.807) is 20.8 Å². The van der Waals surface area contributed by atoms with Crippen LogP contribution in [-0.4, -0.2) is 29.4 Å². The van der Waals surface area contributed by atoms with Crippen LogP contribution in [0.25, 0.3) is 11.1 Å². The molecule has 2 N–H and O–H groups in total. The van der Waals surface area contributed by atoms with Crippen molar-refractivity contribution < 1.29 is 24.2 Å². The molecule has 0 saturated carbocycles. The fraction of sp³-hybridized carbons (Fsp3) is 0.231. The van der Waals surface area contributed by atoms with Crippen LogP contribution in [0.5, 0.6) is 5.75 Å². The average Bonchev–Trinajstić information content (AvgIpc) is 3.06. The first-order chi connectivity index (χ1) is 15.2. The number of phenolic OH excluding ortho intramolecular Hbond substituents is 1. The Morgan fingerprint density at radius 3 is 2.12 bits per heavy atom. The number of rotatable bonds is 4. The number of aromatic hydroxyl groups is 1. The number of fused-ring (bicyclic) bond motifs is 3. The minimum absolute atomic E-state index is 0.0311. The summed E-state index contributed by atoms with van der Waals surface area (Å²) in [7, 11) is 0. The number of nitrogens with one attached hydrogen (secondary N) is 1. The predicted molar refractivity (Wildman–Crippen MR) is 122 cm³/mol. The van der Waals surface area contributed by atoms with Gasteiger partial charge in [0.05, 0.1) is 0 Å². The molecule has 0 bridgehead atoms. The molecule has 0 radical (unpaired) electrons. The molecule has 1 aliphatic carbocycles. The number of benzene rings is 3. The number of phenols is 1.